The highest BCUT2D eigenvalue weighted by molar-refractivity contribution is 9.10. The second-order valence-electron chi connectivity index (χ2n) is 6.32. The topological polar surface area (TPSA) is 50.4 Å². The van der Waals surface area contributed by atoms with Crippen LogP contribution >= 0.6 is 51.1 Å². The van der Waals surface area contributed by atoms with Crippen LogP contribution in [0, 0.1) is 0 Å². The van der Waals surface area contributed by atoms with Crippen molar-refractivity contribution in [3.05, 3.63) is 43.7 Å². The molecule has 0 unspecified atom stereocenters. The molecule has 2 N–H and O–H groups in total. The van der Waals surface area contributed by atoms with E-state index in [2.05, 4.69) is 26.6 Å². The number of methoxy groups -OCH3 is 1. The lowest BCUT2D eigenvalue weighted by atomic mass is 9.96. The van der Waals surface area contributed by atoms with Crippen LogP contribution in [0.5, 0.6) is 0 Å². The van der Waals surface area contributed by atoms with Gasteiger partial charge in [0.25, 0.3) is 0 Å². The van der Waals surface area contributed by atoms with Gasteiger partial charge in [-0.2, -0.15) is 0 Å². The van der Waals surface area contributed by atoms with Crippen LogP contribution in [0.15, 0.2) is 22.7 Å². The van der Waals surface area contributed by atoms with Crippen LogP contribution in [0.4, 0.5) is 10.7 Å². The number of rotatable bonds is 3. The summed E-state index contributed by atoms with van der Waals surface area (Å²) in [7, 11) is 1.41. The van der Waals surface area contributed by atoms with E-state index in [0.717, 1.165) is 40.7 Å². The molecule has 8 heteroatoms. The molecule has 144 valence electrons. The van der Waals surface area contributed by atoms with Gasteiger partial charge in [0.05, 0.1) is 23.4 Å². The van der Waals surface area contributed by atoms with Crippen molar-refractivity contribution in [2.24, 2.45) is 0 Å². The highest BCUT2D eigenvalue weighted by Gasteiger charge is 2.25. The van der Waals surface area contributed by atoms with E-state index in [1.807, 2.05) is 12.1 Å². The summed E-state index contributed by atoms with van der Waals surface area (Å²) in [5.41, 5.74) is 2.43. The number of halogens is 2. The van der Waals surface area contributed by atoms with Crippen LogP contribution in [0.1, 0.15) is 46.5 Å². The minimum absolute atomic E-state index is 0.319. The van der Waals surface area contributed by atoms with Crippen molar-refractivity contribution in [2.75, 3.05) is 17.7 Å². The molecule has 1 aromatic carbocycles. The lowest BCUT2D eigenvalue weighted by Crippen LogP contribution is -2.20. The van der Waals surface area contributed by atoms with Gasteiger partial charge < -0.3 is 15.4 Å². The van der Waals surface area contributed by atoms with Crippen molar-refractivity contribution in [3.8, 4) is 0 Å². The predicted molar refractivity (Wildman–Crippen MR) is 121 cm³/mol. The maximum absolute atomic E-state index is 12.5. The molecule has 0 amide bonds. The van der Waals surface area contributed by atoms with Crippen molar-refractivity contribution in [1.82, 2.24) is 0 Å². The summed E-state index contributed by atoms with van der Waals surface area (Å²) >= 11 is 16.7. The molecule has 1 aliphatic carbocycles. The number of fused-ring (bicyclic) bond motifs is 1. The molecule has 1 aliphatic rings. The second kappa shape index (κ2) is 9.37. The molecule has 3 rings (SSSR count). The van der Waals surface area contributed by atoms with E-state index in [-0.39, 0.29) is 5.97 Å². The Labute approximate surface area is 181 Å². The highest BCUT2D eigenvalue weighted by atomic mass is 79.9. The third kappa shape index (κ3) is 5.02. The fraction of sp³-hybridized carbons (Fsp3) is 0.368. The average molecular weight is 488 g/mol. The molecule has 0 fully saturated rings. The molecule has 0 saturated heterocycles. The number of hydrogen-bond donors (Lipinski definition) is 2. The minimum Gasteiger partial charge on any atom is -0.465 e. The van der Waals surface area contributed by atoms with Gasteiger partial charge >= 0.3 is 5.97 Å². The lowest BCUT2D eigenvalue weighted by Gasteiger charge is -2.13. The Morgan fingerprint density at radius 3 is 2.67 bits per heavy atom. The maximum Gasteiger partial charge on any atom is 0.341 e. The third-order valence-corrected chi connectivity index (χ3v) is 6.68. The molecule has 0 aliphatic heterocycles. The van der Waals surface area contributed by atoms with E-state index in [1.54, 1.807) is 17.4 Å². The van der Waals surface area contributed by atoms with Crippen molar-refractivity contribution in [2.45, 2.75) is 38.5 Å². The van der Waals surface area contributed by atoms with Crippen LogP contribution in [0.3, 0.4) is 0 Å². The Morgan fingerprint density at radius 2 is 1.96 bits per heavy atom. The summed E-state index contributed by atoms with van der Waals surface area (Å²) in [6.45, 7) is 0. The molecule has 0 bridgehead atoms. The fourth-order valence-electron chi connectivity index (χ4n) is 3.17. The minimum atomic E-state index is -0.319. The number of ether oxygens (including phenoxy) is 1. The number of benzene rings is 1. The summed E-state index contributed by atoms with van der Waals surface area (Å²) < 4.78 is 5.93. The summed E-state index contributed by atoms with van der Waals surface area (Å²) in [4.78, 5) is 13.7. The van der Waals surface area contributed by atoms with E-state index in [9.17, 15) is 4.79 Å². The second-order valence-corrected chi connectivity index (χ2v) is 9.15. The first-order valence-corrected chi connectivity index (χ1v) is 11.1. The highest BCUT2D eigenvalue weighted by Crippen LogP contribution is 2.37. The zero-order valence-corrected chi connectivity index (χ0v) is 18.8. The van der Waals surface area contributed by atoms with Crippen molar-refractivity contribution in [1.29, 1.82) is 0 Å². The zero-order valence-electron chi connectivity index (χ0n) is 14.9. The molecular formula is C19H20BrClN2O2S2. The number of esters is 1. The molecule has 0 atom stereocenters. The first-order valence-electron chi connectivity index (χ1n) is 8.75. The molecule has 0 saturated carbocycles. The van der Waals surface area contributed by atoms with Gasteiger partial charge in [-0.3, -0.25) is 0 Å². The molecule has 1 aromatic heterocycles. The first kappa shape index (κ1) is 20.6. The van der Waals surface area contributed by atoms with E-state index < -0.39 is 0 Å². The van der Waals surface area contributed by atoms with Crippen molar-refractivity contribution >= 4 is 72.9 Å². The van der Waals surface area contributed by atoms with Gasteiger partial charge in [0.1, 0.15) is 5.00 Å². The smallest absolute Gasteiger partial charge is 0.341 e. The average Bonchev–Trinajstić information content (AvgIpc) is 2.93. The van der Waals surface area contributed by atoms with E-state index in [1.165, 1.54) is 24.8 Å². The Kier molecular flexibility index (Phi) is 7.14. The largest absolute Gasteiger partial charge is 0.465 e. The standard InChI is InChI=1S/C19H20BrClN2O2S2/c1-25-18(24)16-12-6-4-2-3-5-7-15(12)27-17(16)23-19(26)22-14-9-8-11(20)10-13(14)21/h8-10H,2-7H2,1H3,(H2,22,23,26). The number of anilines is 2. The van der Waals surface area contributed by atoms with Crippen LogP contribution in [0.2, 0.25) is 5.02 Å². The number of aryl methyl sites for hydroxylation is 1. The Morgan fingerprint density at radius 1 is 1.22 bits per heavy atom. The summed E-state index contributed by atoms with van der Waals surface area (Å²) in [5, 5.41) is 7.96. The Bertz CT molecular complexity index is 870. The molecule has 2 aromatic rings. The number of hydrogen-bond acceptors (Lipinski definition) is 4. The van der Waals surface area contributed by atoms with Gasteiger partial charge in [-0.1, -0.05) is 40.4 Å². The summed E-state index contributed by atoms with van der Waals surface area (Å²) in [6, 6.07) is 5.52. The molecule has 4 nitrogen and oxygen atoms in total. The molecule has 27 heavy (non-hydrogen) atoms. The quantitative estimate of drug-likeness (QED) is 0.386. The van der Waals surface area contributed by atoms with E-state index in [0.29, 0.717) is 21.4 Å². The van der Waals surface area contributed by atoms with Gasteiger partial charge in [0.15, 0.2) is 5.11 Å². The van der Waals surface area contributed by atoms with Crippen LogP contribution < -0.4 is 10.6 Å². The van der Waals surface area contributed by atoms with E-state index >= 15 is 0 Å². The van der Waals surface area contributed by atoms with Gasteiger partial charge in [0, 0.05) is 9.35 Å². The van der Waals surface area contributed by atoms with Gasteiger partial charge in [0.2, 0.25) is 0 Å². The fourth-order valence-corrected chi connectivity index (χ4v) is 5.45. The van der Waals surface area contributed by atoms with Crippen LogP contribution in [-0.4, -0.2) is 18.2 Å². The number of thiocarbonyl (C=S) groups is 1. The first-order chi connectivity index (χ1) is 13.0. The molecule has 1 heterocycles. The zero-order chi connectivity index (χ0) is 19.4. The van der Waals surface area contributed by atoms with Crippen molar-refractivity contribution < 1.29 is 9.53 Å². The predicted octanol–water partition coefficient (Wildman–Crippen LogP) is 6.42. The molecule has 0 radical (unpaired) electrons. The molecular weight excluding hydrogens is 468 g/mol. The van der Waals surface area contributed by atoms with Crippen LogP contribution in [0.25, 0.3) is 0 Å². The lowest BCUT2D eigenvalue weighted by molar-refractivity contribution is 0.0601. The van der Waals surface area contributed by atoms with Gasteiger partial charge in [-0.05, 0) is 61.7 Å². The monoisotopic (exact) mass is 486 g/mol. The van der Waals surface area contributed by atoms with E-state index in [4.69, 9.17) is 28.6 Å². The third-order valence-electron chi connectivity index (χ3n) is 4.47. The number of nitrogens with one attached hydrogen (secondary N) is 2. The van der Waals surface area contributed by atoms with Crippen molar-refractivity contribution in [3.63, 3.8) is 0 Å². The van der Waals surface area contributed by atoms with Gasteiger partial charge in [-0.25, -0.2) is 4.79 Å². The maximum atomic E-state index is 12.5. The SMILES string of the molecule is COC(=O)c1c(NC(=S)Nc2ccc(Br)cc2Cl)sc2c1CCCCCC2. The Hall–Kier alpha value is -1.15. The van der Waals surface area contributed by atoms with Crippen LogP contribution in [-0.2, 0) is 17.6 Å². The molecule has 0 spiro atoms. The number of carbonyl (C=O) groups excluding carboxylic acids is 1. The number of carbonyl (C=O) groups is 1. The van der Waals surface area contributed by atoms with Gasteiger partial charge in [-0.15, -0.1) is 11.3 Å². The Balaban J connectivity index is 1.85. The summed E-state index contributed by atoms with van der Waals surface area (Å²) in [6.07, 6.45) is 6.55. The number of thiophene rings is 1. The summed E-state index contributed by atoms with van der Waals surface area (Å²) in [5.74, 6) is -0.319. The normalized spacial score (nSPS) is 13.9.